The van der Waals surface area contributed by atoms with Gasteiger partial charge in [0.1, 0.15) is 5.82 Å². The van der Waals surface area contributed by atoms with E-state index in [9.17, 15) is 4.39 Å². The third kappa shape index (κ3) is 3.06. The van der Waals surface area contributed by atoms with E-state index >= 15 is 0 Å². The Balaban J connectivity index is 2.01. The Morgan fingerprint density at radius 2 is 2.06 bits per heavy atom. The van der Waals surface area contributed by atoms with Gasteiger partial charge in [0.2, 0.25) is 5.89 Å². The Morgan fingerprint density at radius 1 is 1.28 bits per heavy atom. The van der Waals surface area contributed by atoms with Gasteiger partial charge in [0.05, 0.1) is 0 Å². The van der Waals surface area contributed by atoms with Crippen LogP contribution in [0.4, 0.5) is 10.4 Å². The molecule has 1 aromatic carbocycles. The number of benzene rings is 1. The Labute approximate surface area is 105 Å². The number of anilines is 1. The molecular formula is C13H16FN3O. The number of hydrogen-bond donors (Lipinski definition) is 1. The van der Waals surface area contributed by atoms with E-state index in [4.69, 9.17) is 4.42 Å². The number of nitrogens with zero attached hydrogens (tertiary/aromatic N) is 2. The fourth-order valence-electron chi connectivity index (χ4n) is 1.42. The van der Waals surface area contributed by atoms with Crippen LogP contribution < -0.4 is 5.32 Å². The maximum Gasteiger partial charge on any atom is 0.315 e. The normalized spacial score (nSPS) is 11.6. The minimum atomic E-state index is -0.254. The van der Waals surface area contributed by atoms with Gasteiger partial charge in [-0.1, -0.05) is 38.0 Å². The second-order valence-corrected chi connectivity index (χ2v) is 5.15. The summed E-state index contributed by atoms with van der Waals surface area (Å²) >= 11 is 0. The van der Waals surface area contributed by atoms with Crippen LogP contribution in [-0.4, -0.2) is 10.2 Å². The fraction of sp³-hybridized carbons (Fsp3) is 0.385. The Bertz CT molecular complexity index is 531. The molecule has 0 saturated carbocycles. The highest BCUT2D eigenvalue weighted by molar-refractivity contribution is 5.24. The molecule has 96 valence electrons. The number of halogens is 1. The molecule has 2 rings (SSSR count). The molecule has 0 bridgehead atoms. The molecule has 0 atom stereocenters. The van der Waals surface area contributed by atoms with Crippen molar-refractivity contribution >= 4 is 6.01 Å². The number of hydrogen-bond acceptors (Lipinski definition) is 4. The van der Waals surface area contributed by atoms with Crippen molar-refractivity contribution in [3.05, 3.63) is 41.5 Å². The molecule has 1 heterocycles. The van der Waals surface area contributed by atoms with Crippen LogP contribution in [-0.2, 0) is 12.0 Å². The van der Waals surface area contributed by atoms with Gasteiger partial charge in [0.25, 0.3) is 0 Å². The van der Waals surface area contributed by atoms with E-state index in [-0.39, 0.29) is 11.2 Å². The van der Waals surface area contributed by atoms with Crippen LogP contribution in [0.25, 0.3) is 0 Å². The molecule has 5 heteroatoms. The molecule has 2 aromatic rings. The predicted molar refractivity (Wildman–Crippen MR) is 66.7 cm³/mol. The number of aromatic nitrogens is 2. The second kappa shape index (κ2) is 4.76. The lowest BCUT2D eigenvalue weighted by atomic mass is 9.97. The molecule has 0 saturated heterocycles. The van der Waals surface area contributed by atoms with Crippen molar-refractivity contribution in [1.29, 1.82) is 0 Å². The summed E-state index contributed by atoms with van der Waals surface area (Å²) < 4.78 is 18.4. The van der Waals surface area contributed by atoms with E-state index in [1.807, 2.05) is 26.8 Å². The summed E-state index contributed by atoms with van der Waals surface area (Å²) in [5, 5.41) is 10.8. The van der Waals surface area contributed by atoms with E-state index in [1.54, 1.807) is 6.07 Å². The summed E-state index contributed by atoms with van der Waals surface area (Å²) in [4.78, 5) is 0. The summed E-state index contributed by atoms with van der Waals surface area (Å²) in [6.45, 7) is 6.44. The lowest BCUT2D eigenvalue weighted by molar-refractivity contribution is 0.399. The van der Waals surface area contributed by atoms with Gasteiger partial charge in [0.15, 0.2) is 0 Å². The van der Waals surface area contributed by atoms with E-state index in [0.29, 0.717) is 18.5 Å². The highest BCUT2D eigenvalue weighted by atomic mass is 19.1. The van der Waals surface area contributed by atoms with Crippen LogP contribution in [0.2, 0.25) is 0 Å². The van der Waals surface area contributed by atoms with Gasteiger partial charge in [-0.2, -0.15) is 0 Å². The second-order valence-electron chi connectivity index (χ2n) is 5.15. The summed E-state index contributed by atoms with van der Waals surface area (Å²) in [5.74, 6) is 0.319. The molecule has 1 N–H and O–H groups in total. The Kier molecular flexibility index (Phi) is 3.32. The first-order chi connectivity index (χ1) is 8.45. The van der Waals surface area contributed by atoms with Gasteiger partial charge < -0.3 is 9.73 Å². The fourth-order valence-corrected chi connectivity index (χ4v) is 1.42. The van der Waals surface area contributed by atoms with Crippen molar-refractivity contribution in [3.63, 3.8) is 0 Å². The lowest BCUT2D eigenvalue weighted by Gasteiger charge is -2.11. The van der Waals surface area contributed by atoms with Crippen LogP contribution in [0.1, 0.15) is 32.2 Å². The van der Waals surface area contributed by atoms with Crippen LogP contribution in [0, 0.1) is 5.82 Å². The van der Waals surface area contributed by atoms with Crippen molar-refractivity contribution in [2.75, 3.05) is 5.32 Å². The molecule has 4 nitrogen and oxygen atoms in total. The molecule has 0 unspecified atom stereocenters. The minimum Gasteiger partial charge on any atom is -0.408 e. The van der Waals surface area contributed by atoms with E-state index in [0.717, 1.165) is 5.56 Å². The van der Waals surface area contributed by atoms with Crippen LogP contribution in [0.3, 0.4) is 0 Å². The number of nitrogens with one attached hydrogen (secondary N) is 1. The van der Waals surface area contributed by atoms with Crippen LogP contribution >= 0.6 is 0 Å². The maximum absolute atomic E-state index is 13.0. The van der Waals surface area contributed by atoms with Gasteiger partial charge in [-0.25, -0.2) is 4.39 Å². The van der Waals surface area contributed by atoms with Gasteiger partial charge in [-0.15, -0.1) is 5.10 Å². The van der Waals surface area contributed by atoms with Crippen molar-refractivity contribution in [1.82, 2.24) is 10.2 Å². The average molecular weight is 249 g/mol. The molecule has 1 aromatic heterocycles. The standard InChI is InChI=1S/C13H16FN3O/c1-13(2,3)11-16-17-12(18-11)15-8-9-5-4-6-10(14)7-9/h4-7H,8H2,1-3H3,(H,15,17). The van der Waals surface area contributed by atoms with Gasteiger partial charge >= 0.3 is 6.01 Å². The smallest absolute Gasteiger partial charge is 0.315 e. The SMILES string of the molecule is CC(C)(C)c1nnc(NCc2cccc(F)c2)o1. The maximum atomic E-state index is 13.0. The summed E-state index contributed by atoms with van der Waals surface area (Å²) in [6, 6.07) is 6.73. The van der Waals surface area contributed by atoms with Crippen molar-refractivity contribution in [2.45, 2.75) is 32.7 Å². The molecular weight excluding hydrogens is 233 g/mol. The summed E-state index contributed by atoms with van der Waals surface area (Å²) in [5.41, 5.74) is 0.650. The molecule has 0 aliphatic carbocycles. The topological polar surface area (TPSA) is 51.0 Å². The zero-order valence-corrected chi connectivity index (χ0v) is 10.7. The van der Waals surface area contributed by atoms with Gasteiger partial charge in [-0.3, -0.25) is 0 Å². The van der Waals surface area contributed by atoms with E-state index in [1.165, 1.54) is 12.1 Å². The van der Waals surface area contributed by atoms with Crippen molar-refractivity contribution in [2.24, 2.45) is 0 Å². The summed E-state index contributed by atoms with van der Waals surface area (Å²) in [6.07, 6.45) is 0. The molecule has 0 aliphatic rings. The number of rotatable bonds is 3. The van der Waals surface area contributed by atoms with Crippen molar-refractivity contribution in [3.8, 4) is 0 Å². The zero-order valence-electron chi connectivity index (χ0n) is 10.7. The predicted octanol–water partition coefficient (Wildman–Crippen LogP) is 3.12. The van der Waals surface area contributed by atoms with Crippen LogP contribution in [0.5, 0.6) is 0 Å². The molecule has 0 fully saturated rings. The first-order valence-electron chi connectivity index (χ1n) is 5.77. The quantitative estimate of drug-likeness (QED) is 0.908. The monoisotopic (exact) mass is 249 g/mol. The molecule has 0 aliphatic heterocycles. The van der Waals surface area contributed by atoms with E-state index < -0.39 is 0 Å². The highest BCUT2D eigenvalue weighted by Gasteiger charge is 2.21. The largest absolute Gasteiger partial charge is 0.408 e. The third-order valence-electron chi connectivity index (χ3n) is 2.40. The Hall–Kier alpha value is -1.91. The van der Waals surface area contributed by atoms with Gasteiger partial charge in [-0.05, 0) is 17.7 Å². The summed E-state index contributed by atoms with van der Waals surface area (Å²) in [7, 11) is 0. The first-order valence-corrected chi connectivity index (χ1v) is 5.77. The van der Waals surface area contributed by atoms with E-state index in [2.05, 4.69) is 15.5 Å². The van der Waals surface area contributed by atoms with Gasteiger partial charge in [0, 0.05) is 12.0 Å². The lowest BCUT2D eigenvalue weighted by Crippen LogP contribution is -2.11. The highest BCUT2D eigenvalue weighted by Crippen LogP contribution is 2.22. The third-order valence-corrected chi connectivity index (χ3v) is 2.40. The zero-order chi connectivity index (χ0) is 13.2. The Morgan fingerprint density at radius 3 is 2.67 bits per heavy atom. The molecule has 0 radical (unpaired) electrons. The van der Waals surface area contributed by atoms with Crippen LogP contribution in [0.15, 0.2) is 28.7 Å². The van der Waals surface area contributed by atoms with Crippen molar-refractivity contribution < 1.29 is 8.81 Å². The first kappa shape index (κ1) is 12.5. The minimum absolute atomic E-state index is 0.175. The average Bonchev–Trinajstić information content (AvgIpc) is 2.74. The molecule has 0 spiro atoms. The molecule has 0 amide bonds. The molecule has 18 heavy (non-hydrogen) atoms.